The first kappa shape index (κ1) is 7.00. The van der Waals surface area contributed by atoms with Gasteiger partial charge in [-0.3, -0.25) is 0 Å². The Morgan fingerprint density at radius 3 is 2.56 bits per heavy atom. The zero-order valence-electron chi connectivity index (χ0n) is 5.03. The lowest BCUT2D eigenvalue weighted by molar-refractivity contribution is 0.637. The molecule has 0 amide bonds. The third-order valence-electron chi connectivity index (χ3n) is 1.33. The van der Waals surface area contributed by atoms with Crippen molar-refractivity contribution in [3.05, 3.63) is 23.6 Å². The van der Waals surface area contributed by atoms with Gasteiger partial charge in [-0.2, -0.15) is 0 Å². The summed E-state index contributed by atoms with van der Waals surface area (Å²) in [5.41, 5.74) is 0.793. The van der Waals surface area contributed by atoms with Gasteiger partial charge < -0.3 is 0 Å². The van der Waals surface area contributed by atoms with Crippen molar-refractivity contribution in [3.63, 3.8) is 0 Å². The van der Waals surface area contributed by atoms with Crippen LogP contribution < -0.4 is 0 Å². The van der Waals surface area contributed by atoms with Gasteiger partial charge in [-0.05, 0) is 24.5 Å². The highest BCUT2D eigenvalue weighted by atomic mass is 79.9. The van der Waals surface area contributed by atoms with Gasteiger partial charge in [0.25, 0.3) is 0 Å². The molecule has 0 bridgehead atoms. The predicted octanol–water partition coefficient (Wildman–Crippen LogP) is 2.95. The molecule has 0 heterocycles. The molecule has 0 aromatic heterocycles. The van der Waals surface area contributed by atoms with E-state index in [0.717, 1.165) is 18.4 Å². The molecule has 0 fully saturated rings. The van der Waals surface area contributed by atoms with Crippen LogP contribution in [-0.2, 0) is 0 Å². The van der Waals surface area contributed by atoms with Crippen molar-refractivity contribution in [1.82, 2.24) is 0 Å². The fourth-order valence-electron chi connectivity index (χ4n) is 0.815. The Bertz CT molecular complexity index is 158. The highest BCUT2D eigenvalue weighted by molar-refractivity contribution is 9.09. The lowest BCUT2D eigenvalue weighted by Crippen LogP contribution is -1.90. The lowest BCUT2D eigenvalue weighted by atomic mass is 10.1. The standard InChI is InChI=1S/C7H8BrF/c8-5-6-3-1-2-4-7(6)9/h3-4H,1-2,5H2. The molecule has 0 saturated heterocycles. The molecule has 0 radical (unpaired) electrons. The van der Waals surface area contributed by atoms with Crippen LogP contribution in [0.1, 0.15) is 12.8 Å². The van der Waals surface area contributed by atoms with E-state index in [1.165, 1.54) is 0 Å². The Hall–Kier alpha value is -0.110. The molecule has 50 valence electrons. The Balaban J connectivity index is 2.68. The van der Waals surface area contributed by atoms with E-state index in [9.17, 15) is 4.39 Å². The van der Waals surface area contributed by atoms with Crippen LogP contribution in [0.25, 0.3) is 0 Å². The van der Waals surface area contributed by atoms with E-state index in [0.29, 0.717) is 5.33 Å². The summed E-state index contributed by atoms with van der Waals surface area (Å²) >= 11 is 3.20. The second kappa shape index (κ2) is 3.16. The van der Waals surface area contributed by atoms with E-state index in [-0.39, 0.29) is 5.83 Å². The number of rotatable bonds is 1. The summed E-state index contributed by atoms with van der Waals surface area (Å²) in [6, 6.07) is 0. The third-order valence-corrected chi connectivity index (χ3v) is 1.94. The van der Waals surface area contributed by atoms with Gasteiger partial charge in [0.05, 0.1) is 0 Å². The molecule has 0 atom stereocenters. The molecule has 0 spiro atoms. The summed E-state index contributed by atoms with van der Waals surface area (Å²) < 4.78 is 12.6. The summed E-state index contributed by atoms with van der Waals surface area (Å²) in [4.78, 5) is 0. The minimum atomic E-state index is -0.0573. The average molecular weight is 191 g/mol. The van der Waals surface area contributed by atoms with Crippen LogP contribution >= 0.6 is 15.9 Å². The Morgan fingerprint density at radius 1 is 1.44 bits per heavy atom. The van der Waals surface area contributed by atoms with Crippen molar-refractivity contribution < 1.29 is 4.39 Å². The van der Waals surface area contributed by atoms with Crippen LogP contribution in [0.4, 0.5) is 4.39 Å². The van der Waals surface area contributed by atoms with Gasteiger partial charge in [-0.1, -0.05) is 22.0 Å². The summed E-state index contributed by atoms with van der Waals surface area (Å²) in [6.45, 7) is 0. The Labute approximate surface area is 62.6 Å². The molecule has 1 aliphatic rings. The van der Waals surface area contributed by atoms with Crippen molar-refractivity contribution in [2.24, 2.45) is 0 Å². The quantitative estimate of drug-likeness (QED) is 0.559. The van der Waals surface area contributed by atoms with Crippen LogP contribution in [0.15, 0.2) is 23.6 Å². The van der Waals surface area contributed by atoms with Crippen LogP contribution in [0.5, 0.6) is 0 Å². The molecule has 0 aromatic rings. The van der Waals surface area contributed by atoms with Crippen molar-refractivity contribution in [2.45, 2.75) is 12.8 Å². The van der Waals surface area contributed by atoms with Gasteiger partial charge in [0, 0.05) is 5.33 Å². The second-order valence-corrected chi connectivity index (χ2v) is 2.55. The molecular weight excluding hydrogens is 183 g/mol. The highest BCUT2D eigenvalue weighted by Crippen LogP contribution is 2.20. The fraction of sp³-hybridized carbons (Fsp3) is 0.429. The molecule has 0 unspecified atom stereocenters. The number of hydrogen-bond donors (Lipinski definition) is 0. The molecule has 0 saturated carbocycles. The number of alkyl halides is 1. The molecule has 9 heavy (non-hydrogen) atoms. The summed E-state index contributed by atoms with van der Waals surface area (Å²) in [5.74, 6) is -0.0573. The Morgan fingerprint density at radius 2 is 2.11 bits per heavy atom. The first-order chi connectivity index (χ1) is 4.34. The van der Waals surface area contributed by atoms with Crippen LogP contribution in [0, 0.1) is 0 Å². The Kier molecular flexibility index (Phi) is 2.46. The van der Waals surface area contributed by atoms with Crippen molar-refractivity contribution >= 4 is 15.9 Å². The van der Waals surface area contributed by atoms with Gasteiger partial charge in [0.15, 0.2) is 0 Å². The van der Waals surface area contributed by atoms with Gasteiger partial charge >= 0.3 is 0 Å². The minimum absolute atomic E-state index is 0.0573. The van der Waals surface area contributed by atoms with Crippen LogP contribution in [0.3, 0.4) is 0 Å². The molecule has 1 rings (SSSR count). The number of halogens is 2. The smallest absolute Gasteiger partial charge is 0.122 e. The summed E-state index contributed by atoms with van der Waals surface area (Å²) in [7, 11) is 0. The molecule has 0 aliphatic heterocycles. The van der Waals surface area contributed by atoms with Gasteiger partial charge in [-0.25, -0.2) is 4.39 Å². The van der Waals surface area contributed by atoms with Crippen molar-refractivity contribution in [1.29, 1.82) is 0 Å². The van der Waals surface area contributed by atoms with E-state index < -0.39 is 0 Å². The van der Waals surface area contributed by atoms with E-state index in [4.69, 9.17) is 0 Å². The number of hydrogen-bond acceptors (Lipinski definition) is 0. The third kappa shape index (κ3) is 1.65. The maximum absolute atomic E-state index is 12.6. The lowest BCUT2D eigenvalue weighted by Gasteiger charge is -2.04. The molecule has 0 aromatic carbocycles. The van der Waals surface area contributed by atoms with Crippen LogP contribution in [0.2, 0.25) is 0 Å². The minimum Gasteiger partial charge on any atom is -0.207 e. The zero-order valence-corrected chi connectivity index (χ0v) is 6.62. The van der Waals surface area contributed by atoms with Crippen LogP contribution in [-0.4, -0.2) is 5.33 Å². The van der Waals surface area contributed by atoms with Gasteiger partial charge in [-0.15, -0.1) is 0 Å². The fourth-order valence-corrected chi connectivity index (χ4v) is 1.31. The zero-order chi connectivity index (χ0) is 6.69. The molecule has 0 N–H and O–H groups in total. The largest absolute Gasteiger partial charge is 0.207 e. The van der Waals surface area contributed by atoms with E-state index in [1.807, 2.05) is 6.08 Å². The molecule has 0 nitrogen and oxygen atoms in total. The number of allylic oxidation sites excluding steroid dienone is 4. The SMILES string of the molecule is FC1=CCCC=C1CBr. The van der Waals surface area contributed by atoms with E-state index in [1.54, 1.807) is 6.08 Å². The summed E-state index contributed by atoms with van der Waals surface area (Å²) in [5, 5.41) is 0.634. The second-order valence-electron chi connectivity index (χ2n) is 1.99. The molecule has 1 aliphatic carbocycles. The summed E-state index contributed by atoms with van der Waals surface area (Å²) in [6.07, 6.45) is 5.40. The maximum Gasteiger partial charge on any atom is 0.122 e. The first-order valence-electron chi connectivity index (χ1n) is 2.95. The molecule has 2 heteroatoms. The van der Waals surface area contributed by atoms with E-state index in [2.05, 4.69) is 15.9 Å². The van der Waals surface area contributed by atoms with Gasteiger partial charge in [0.1, 0.15) is 5.83 Å². The first-order valence-corrected chi connectivity index (χ1v) is 4.08. The molecular formula is C7H8BrF. The maximum atomic E-state index is 12.6. The van der Waals surface area contributed by atoms with Gasteiger partial charge in [0.2, 0.25) is 0 Å². The van der Waals surface area contributed by atoms with Crippen molar-refractivity contribution in [3.8, 4) is 0 Å². The highest BCUT2D eigenvalue weighted by Gasteiger charge is 2.04. The topological polar surface area (TPSA) is 0 Å². The normalized spacial score (nSPS) is 18.9. The monoisotopic (exact) mass is 190 g/mol. The predicted molar refractivity (Wildman–Crippen MR) is 40.3 cm³/mol. The average Bonchev–Trinajstić information content (AvgIpc) is 1.89. The van der Waals surface area contributed by atoms with Crippen molar-refractivity contribution in [2.75, 3.05) is 5.33 Å². The van der Waals surface area contributed by atoms with E-state index >= 15 is 0 Å².